The van der Waals surface area contributed by atoms with E-state index in [-0.39, 0.29) is 5.92 Å². The summed E-state index contributed by atoms with van der Waals surface area (Å²) in [6.45, 7) is 0. The molecule has 4 aromatic rings. The minimum Gasteiger partial charge on any atom is -0.384 e. The lowest BCUT2D eigenvalue weighted by Crippen LogP contribution is -2.46. The van der Waals surface area contributed by atoms with E-state index >= 15 is 0 Å². The summed E-state index contributed by atoms with van der Waals surface area (Å²) >= 11 is 0. The summed E-state index contributed by atoms with van der Waals surface area (Å²) in [7, 11) is 1.78. The van der Waals surface area contributed by atoms with Gasteiger partial charge in [-0.15, -0.1) is 0 Å². The molecule has 0 amide bonds. The van der Waals surface area contributed by atoms with Crippen LogP contribution >= 0.6 is 0 Å². The van der Waals surface area contributed by atoms with Crippen LogP contribution in [0.15, 0.2) is 42.7 Å². The number of aryl methyl sites for hydroxylation is 1. The summed E-state index contributed by atoms with van der Waals surface area (Å²) in [6.07, 6.45) is 5.17. The number of nitrogen functional groups attached to an aromatic ring is 1. The molecule has 0 radical (unpaired) electrons. The van der Waals surface area contributed by atoms with E-state index in [1.807, 2.05) is 35.1 Å². The summed E-state index contributed by atoms with van der Waals surface area (Å²) in [5.74, 6) is 0.501. The Balaban J connectivity index is 1.62. The van der Waals surface area contributed by atoms with Gasteiger partial charge in [-0.05, 0) is 37.1 Å². The summed E-state index contributed by atoms with van der Waals surface area (Å²) < 4.78 is 3.43. The molecule has 0 saturated heterocycles. The molecule has 1 aliphatic rings. The molecule has 0 aromatic carbocycles. The monoisotopic (exact) mass is 409 g/mol. The van der Waals surface area contributed by atoms with E-state index < -0.39 is 5.54 Å². The lowest BCUT2D eigenvalue weighted by atomic mass is 9.67. The molecule has 0 unspecified atom stereocenters. The Morgan fingerprint density at radius 3 is 2.71 bits per heavy atom. The van der Waals surface area contributed by atoms with Crippen molar-refractivity contribution in [2.45, 2.75) is 24.8 Å². The van der Waals surface area contributed by atoms with Gasteiger partial charge in [0.1, 0.15) is 22.9 Å². The van der Waals surface area contributed by atoms with E-state index in [1.54, 1.807) is 24.0 Å². The van der Waals surface area contributed by atoms with Gasteiger partial charge in [-0.3, -0.25) is 14.3 Å². The van der Waals surface area contributed by atoms with Gasteiger partial charge in [-0.25, -0.2) is 4.98 Å². The number of nitrogens with zero attached hydrogens (tertiary/aromatic N) is 8. The van der Waals surface area contributed by atoms with Crippen molar-refractivity contribution < 1.29 is 0 Å². The number of rotatable bonds is 4. The van der Waals surface area contributed by atoms with Gasteiger partial charge in [-0.1, -0.05) is 0 Å². The highest BCUT2D eigenvalue weighted by Gasteiger charge is 2.46. The number of aromatic nitrogens is 6. The molecule has 152 valence electrons. The third kappa shape index (κ3) is 2.99. The quantitative estimate of drug-likeness (QED) is 0.547. The minimum atomic E-state index is -0.436. The SMILES string of the molecule is Cn1nc(-c2cc3ncccc3c(-c3ccn(C4(CC#N)CC(C#N)C4)n3)n2)cc1N. The van der Waals surface area contributed by atoms with Crippen LogP contribution in [0.4, 0.5) is 5.82 Å². The zero-order chi connectivity index (χ0) is 21.6. The van der Waals surface area contributed by atoms with Crippen LogP contribution in [0.5, 0.6) is 0 Å². The fourth-order valence-corrected chi connectivity index (χ4v) is 4.23. The van der Waals surface area contributed by atoms with Gasteiger partial charge in [0.15, 0.2) is 0 Å². The molecule has 9 heteroatoms. The van der Waals surface area contributed by atoms with E-state index in [0.717, 1.165) is 10.9 Å². The van der Waals surface area contributed by atoms with Crippen molar-refractivity contribution in [3.8, 4) is 34.9 Å². The molecule has 0 aliphatic heterocycles. The van der Waals surface area contributed by atoms with Crippen LogP contribution in [0, 0.1) is 28.6 Å². The van der Waals surface area contributed by atoms with E-state index in [2.05, 4.69) is 22.2 Å². The molecule has 1 saturated carbocycles. The number of hydrogen-bond donors (Lipinski definition) is 1. The molecule has 0 bridgehead atoms. The average Bonchev–Trinajstić information content (AvgIpc) is 3.37. The molecule has 1 fully saturated rings. The maximum Gasteiger partial charge on any atom is 0.122 e. The Bertz CT molecular complexity index is 1360. The van der Waals surface area contributed by atoms with Crippen molar-refractivity contribution in [3.63, 3.8) is 0 Å². The summed E-state index contributed by atoms with van der Waals surface area (Å²) in [4.78, 5) is 9.34. The second kappa shape index (κ2) is 6.92. The maximum absolute atomic E-state index is 9.33. The highest BCUT2D eigenvalue weighted by atomic mass is 15.3. The lowest BCUT2D eigenvalue weighted by molar-refractivity contribution is 0.0884. The topological polar surface area (TPSA) is 135 Å². The van der Waals surface area contributed by atoms with Crippen LogP contribution in [-0.4, -0.2) is 29.5 Å². The Kier molecular flexibility index (Phi) is 4.19. The van der Waals surface area contributed by atoms with Gasteiger partial charge in [-0.2, -0.15) is 20.7 Å². The van der Waals surface area contributed by atoms with Crippen molar-refractivity contribution in [3.05, 3.63) is 42.7 Å². The van der Waals surface area contributed by atoms with Gasteiger partial charge >= 0.3 is 0 Å². The predicted molar refractivity (Wildman–Crippen MR) is 114 cm³/mol. The molecule has 4 aromatic heterocycles. The first-order valence-electron chi connectivity index (χ1n) is 9.92. The summed E-state index contributed by atoms with van der Waals surface area (Å²) in [5.41, 5.74) is 8.98. The fraction of sp³-hybridized carbons (Fsp3) is 0.273. The van der Waals surface area contributed by atoms with E-state index in [1.165, 1.54) is 0 Å². The number of anilines is 1. The first-order valence-corrected chi connectivity index (χ1v) is 9.92. The van der Waals surface area contributed by atoms with Gasteiger partial charge < -0.3 is 5.73 Å². The van der Waals surface area contributed by atoms with Crippen molar-refractivity contribution in [2.24, 2.45) is 13.0 Å². The van der Waals surface area contributed by atoms with Gasteiger partial charge in [0.05, 0.1) is 41.2 Å². The molecular formula is C22H19N9. The molecule has 31 heavy (non-hydrogen) atoms. The molecule has 1 aliphatic carbocycles. The fourth-order valence-electron chi connectivity index (χ4n) is 4.23. The van der Waals surface area contributed by atoms with Crippen molar-refractivity contribution >= 4 is 16.7 Å². The largest absolute Gasteiger partial charge is 0.384 e. The number of fused-ring (bicyclic) bond motifs is 1. The molecule has 5 rings (SSSR count). The Morgan fingerprint density at radius 1 is 1.16 bits per heavy atom. The van der Waals surface area contributed by atoms with Crippen LogP contribution in [-0.2, 0) is 12.6 Å². The zero-order valence-electron chi connectivity index (χ0n) is 16.9. The molecular weight excluding hydrogens is 390 g/mol. The first kappa shape index (κ1) is 18.8. The Morgan fingerprint density at radius 2 is 2.00 bits per heavy atom. The molecule has 9 nitrogen and oxygen atoms in total. The number of hydrogen-bond acceptors (Lipinski definition) is 7. The second-order valence-electron chi connectivity index (χ2n) is 7.94. The third-order valence-corrected chi connectivity index (χ3v) is 5.94. The number of pyridine rings is 2. The Labute approximate surface area is 178 Å². The molecule has 2 N–H and O–H groups in total. The van der Waals surface area contributed by atoms with Crippen LogP contribution in [0.1, 0.15) is 19.3 Å². The van der Waals surface area contributed by atoms with E-state index in [9.17, 15) is 10.5 Å². The number of nitrogens with two attached hydrogens (primary N) is 1. The van der Waals surface area contributed by atoms with E-state index in [4.69, 9.17) is 15.8 Å². The van der Waals surface area contributed by atoms with Crippen LogP contribution < -0.4 is 5.73 Å². The normalized spacial score (nSPS) is 20.2. The Hall–Kier alpha value is -4.24. The average molecular weight is 409 g/mol. The zero-order valence-corrected chi connectivity index (χ0v) is 16.9. The minimum absolute atomic E-state index is 0.0397. The van der Waals surface area contributed by atoms with Crippen LogP contribution in [0.3, 0.4) is 0 Å². The predicted octanol–water partition coefficient (Wildman–Crippen LogP) is 3.02. The molecule has 0 atom stereocenters. The third-order valence-electron chi connectivity index (χ3n) is 5.94. The van der Waals surface area contributed by atoms with Gasteiger partial charge in [0.25, 0.3) is 0 Å². The van der Waals surface area contributed by atoms with E-state index in [0.29, 0.717) is 47.9 Å². The van der Waals surface area contributed by atoms with Crippen molar-refractivity contribution in [1.29, 1.82) is 10.5 Å². The van der Waals surface area contributed by atoms with Gasteiger partial charge in [0, 0.05) is 30.9 Å². The molecule has 0 spiro atoms. The van der Waals surface area contributed by atoms with Crippen LogP contribution in [0.2, 0.25) is 0 Å². The van der Waals surface area contributed by atoms with Gasteiger partial charge in [0.2, 0.25) is 0 Å². The summed E-state index contributed by atoms with van der Waals surface area (Å²) in [5, 5.41) is 28.6. The van der Waals surface area contributed by atoms with Crippen molar-refractivity contribution in [1.82, 2.24) is 29.5 Å². The molecule has 4 heterocycles. The standard InChI is InChI=1S/C22H19N9/c1-30-20(25)10-19(28-30)18-9-17-15(3-2-7-26-17)21(27-18)16-4-8-31(29-16)22(5-6-23)11-14(12-22)13-24/h2-4,7-10,14H,5,11-12,25H2,1H3. The smallest absolute Gasteiger partial charge is 0.122 e. The number of nitriles is 2. The summed E-state index contributed by atoms with van der Waals surface area (Å²) in [6, 6.07) is 13.9. The lowest BCUT2D eigenvalue weighted by Gasteiger charge is -2.43. The second-order valence-corrected chi connectivity index (χ2v) is 7.94. The maximum atomic E-state index is 9.33. The first-order chi connectivity index (χ1) is 15.0. The highest BCUT2D eigenvalue weighted by Crippen LogP contribution is 2.46. The highest BCUT2D eigenvalue weighted by molar-refractivity contribution is 5.93. The van der Waals surface area contributed by atoms with Crippen molar-refractivity contribution in [2.75, 3.05) is 5.73 Å². The van der Waals surface area contributed by atoms with Crippen LogP contribution in [0.25, 0.3) is 33.7 Å².